The van der Waals surface area contributed by atoms with Crippen LogP contribution in [0.5, 0.6) is 11.5 Å². The summed E-state index contributed by atoms with van der Waals surface area (Å²) in [5, 5.41) is 10.1. The number of carboxylic acids is 1. The molecule has 11 nitrogen and oxygen atoms in total. The Morgan fingerprint density at radius 3 is 2.40 bits per heavy atom. The molecule has 12 heteroatoms. The number of sulfonamides is 1. The van der Waals surface area contributed by atoms with Gasteiger partial charge in [0.1, 0.15) is 18.1 Å². The van der Waals surface area contributed by atoms with Gasteiger partial charge >= 0.3 is 5.97 Å². The number of ether oxygens (including phenoxy) is 5. The number of carboxylic acid groups (broad SMARTS) is 1. The van der Waals surface area contributed by atoms with E-state index in [9.17, 15) is 18.3 Å². The number of methoxy groups -OCH3 is 2. The maximum atomic E-state index is 14.2. The summed E-state index contributed by atoms with van der Waals surface area (Å²) in [6.45, 7) is 7.70. The van der Waals surface area contributed by atoms with Crippen molar-refractivity contribution in [2.75, 3.05) is 65.2 Å². The summed E-state index contributed by atoms with van der Waals surface area (Å²) < 4.78 is 58.7. The average molecular weight is 711 g/mol. The number of aryl methyl sites for hydroxylation is 1. The van der Waals surface area contributed by atoms with Crippen LogP contribution in [0.1, 0.15) is 48.8 Å². The molecule has 4 atom stereocenters. The molecule has 1 fully saturated rings. The van der Waals surface area contributed by atoms with Gasteiger partial charge in [0.05, 0.1) is 42.4 Å². The zero-order chi connectivity index (χ0) is 35.7. The fourth-order valence-electron chi connectivity index (χ4n) is 6.68. The Bertz CT molecular complexity index is 1650. The molecular formula is C38H50N2O9S. The number of anilines is 1. The van der Waals surface area contributed by atoms with Crippen LogP contribution in [0.25, 0.3) is 0 Å². The summed E-state index contributed by atoms with van der Waals surface area (Å²) in [4.78, 5) is 14.8. The van der Waals surface area contributed by atoms with Gasteiger partial charge in [0.25, 0.3) is 0 Å². The van der Waals surface area contributed by atoms with Crippen molar-refractivity contribution in [3.05, 3.63) is 83.4 Å². The molecule has 1 saturated heterocycles. The van der Waals surface area contributed by atoms with Crippen LogP contribution in [0.2, 0.25) is 0 Å². The molecule has 1 N–H and O–H groups in total. The Hall–Kier alpha value is -3.68. The predicted octanol–water partition coefficient (Wildman–Crippen LogP) is 5.50. The zero-order valence-electron chi connectivity index (χ0n) is 29.5. The highest BCUT2D eigenvalue weighted by molar-refractivity contribution is 7.89. The zero-order valence-corrected chi connectivity index (χ0v) is 30.3. The number of fused-ring (bicyclic) bond motifs is 1. The molecule has 3 aromatic carbocycles. The third-order valence-corrected chi connectivity index (χ3v) is 11.5. The summed E-state index contributed by atoms with van der Waals surface area (Å²) in [6, 6.07) is 19.6. The van der Waals surface area contributed by atoms with Crippen LogP contribution in [0.15, 0.2) is 71.6 Å². The molecule has 0 aliphatic carbocycles. The van der Waals surface area contributed by atoms with Crippen LogP contribution in [0, 0.1) is 12.8 Å². The second kappa shape index (κ2) is 17.5. The van der Waals surface area contributed by atoms with Gasteiger partial charge in [-0.05, 0) is 67.3 Å². The van der Waals surface area contributed by atoms with Crippen LogP contribution in [-0.2, 0) is 35.6 Å². The lowest BCUT2D eigenvalue weighted by Gasteiger charge is -2.44. The molecule has 272 valence electrons. The Morgan fingerprint density at radius 1 is 0.980 bits per heavy atom. The van der Waals surface area contributed by atoms with Crippen LogP contribution in [0.3, 0.4) is 0 Å². The molecule has 0 saturated carbocycles. The highest BCUT2D eigenvalue weighted by Crippen LogP contribution is 2.40. The fourth-order valence-corrected chi connectivity index (χ4v) is 8.40. The summed E-state index contributed by atoms with van der Waals surface area (Å²) in [5.74, 6) is -0.752. The van der Waals surface area contributed by atoms with Crippen LogP contribution >= 0.6 is 0 Å². The average Bonchev–Trinajstić information content (AvgIpc) is 3.12. The first-order valence-corrected chi connectivity index (χ1v) is 18.7. The van der Waals surface area contributed by atoms with E-state index in [2.05, 4.69) is 11.0 Å². The van der Waals surface area contributed by atoms with Gasteiger partial charge in [0, 0.05) is 58.9 Å². The van der Waals surface area contributed by atoms with Gasteiger partial charge < -0.3 is 33.7 Å². The number of carbonyl (C=O) groups is 1. The first kappa shape index (κ1) is 37.6. The van der Waals surface area contributed by atoms with Crippen molar-refractivity contribution < 1.29 is 42.0 Å². The molecule has 5 rings (SSSR count). The molecule has 0 bridgehead atoms. The molecule has 0 spiro atoms. The van der Waals surface area contributed by atoms with E-state index in [1.54, 1.807) is 45.4 Å². The van der Waals surface area contributed by atoms with E-state index >= 15 is 0 Å². The second-order valence-corrected chi connectivity index (χ2v) is 14.9. The molecule has 0 amide bonds. The smallest absolute Gasteiger partial charge is 0.307 e. The van der Waals surface area contributed by atoms with E-state index < -0.39 is 34.1 Å². The van der Waals surface area contributed by atoms with Gasteiger partial charge in [-0.1, -0.05) is 42.8 Å². The van der Waals surface area contributed by atoms with Crippen molar-refractivity contribution in [3.8, 4) is 11.5 Å². The Kier molecular flexibility index (Phi) is 13.2. The minimum atomic E-state index is -4.05. The van der Waals surface area contributed by atoms with Gasteiger partial charge in [-0.15, -0.1) is 0 Å². The van der Waals surface area contributed by atoms with Crippen LogP contribution in [-0.4, -0.2) is 96.2 Å². The third-order valence-electron chi connectivity index (χ3n) is 9.56. The minimum absolute atomic E-state index is 0.00434. The van der Waals surface area contributed by atoms with E-state index in [-0.39, 0.29) is 30.4 Å². The largest absolute Gasteiger partial charge is 0.494 e. The third kappa shape index (κ3) is 9.15. The second-order valence-electron chi connectivity index (χ2n) is 13.0. The van der Waals surface area contributed by atoms with Crippen molar-refractivity contribution >= 4 is 21.7 Å². The lowest BCUT2D eigenvalue weighted by atomic mass is 9.80. The predicted molar refractivity (Wildman–Crippen MR) is 191 cm³/mol. The van der Waals surface area contributed by atoms with E-state index in [1.807, 2.05) is 43.3 Å². The summed E-state index contributed by atoms with van der Waals surface area (Å²) in [6.07, 6.45) is 1.35. The summed E-state index contributed by atoms with van der Waals surface area (Å²) >= 11 is 0. The maximum Gasteiger partial charge on any atom is 0.307 e. The van der Waals surface area contributed by atoms with E-state index in [1.165, 1.54) is 4.31 Å². The number of hydrogen-bond donors (Lipinski definition) is 1. The molecule has 1 unspecified atom stereocenters. The molecule has 2 aliphatic rings. The van der Waals surface area contributed by atoms with Gasteiger partial charge in [-0.2, -0.15) is 4.31 Å². The molecular weight excluding hydrogens is 660 g/mol. The van der Waals surface area contributed by atoms with Gasteiger partial charge in [-0.25, -0.2) is 8.42 Å². The fraction of sp³-hybridized carbons (Fsp3) is 0.500. The van der Waals surface area contributed by atoms with Crippen molar-refractivity contribution in [1.82, 2.24) is 4.31 Å². The SMILES string of the molecule is COCCCOc1ccc([C@H]2C[C@@H](C(C)C(=O)O)N(S(=O)(=O)c3ccc(C)cc3)C[C@@H]2OCc2ccc3c(c2)N(CCCOC)CCO3)cc1. The van der Waals surface area contributed by atoms with Crippen LogP contribution < -0.4 is 14.4 Å². The number of nitrogens with zero attached hydrogens (tertiary/aromatic N) is 2. The molecule has 0 aromatic heterocycles. The number of piperidine rings is 1. The van der Waals surface area contributed by atoms with Gasteiger partial charge in [0.15, 0.2) is 0 Å². The Labute approximate surface area is 296 Å². The lowest BCUT2D eigenvalue weighted by molar-refractivity contribution is -0.144. The quantitative estimate of drug-likeness (QED) is 0.180. The standard InChI is InChI=1S/C38H50N2O9S/c1-27-7-14-32(15-8-27)50(43,44)40-25-37(49-26-29-9-16-36-35(23-29)39(18-22-48-36)17-5-19-45-3)33(24-34(40)28(2)38(41)42)30-10-12-31(13-11-30)47-21-6-20-46-4/h7-16,23,28,33-34,37H,5-6,17-22,24-26H2,1-4H3,(H,41,42)/t28?,33-,34+,37+/m1/s1. The maximum absolute atomic E-state index is 14.2. The normalized spacial score (nSPS) is 20.2. The molecule has 0 radical (unpaired) electrons. The topological polar surface area (TPSA) is 124 Å². The van der Waals surface area contributed by atoms with Gasteiger partial charge in [-0.3, -0.25) is 4.79 Å². The Morgan fingerprint density at radius 2 is 1.70 bits per heavy atom. The molecule has 2 aliphatic heterocycles. The number of benzene rings is 3. The summed E-state index contributed by atoms with van der Waals surface area (Å²) in [7, 11) is -0.699. The summed E-state index contributed by atoms with van der Waals surface area (Å²) in [5.41, 5.74) is 3.78. The lowest BCUT2D eigenvalue weighted by Crippen LogP contribution is -2.55. The first-order valence-electron chi connectivity index (χ1n) is 17.3. The van der Waals surface area contributed by atoms with E-state index in [0.717, 1.165) is 54.1 Å². The van der Waals surface area contributed by atoms with Crippen molar-refractivity contribution in [3.63, 3.8) is 0 Å². The highest BCUT2D eigenvalue weighted by atomic mass is 32.2. The van der Waals surface area contributed by atoms with Crippen molar-refractivity contribution in [2.45, 2.75) is 62.7 Å². The molecule has 50 heavy (non-hydrogen) atoms. The molecule has 3 aromatic rings. The van der Waals surface area contributed by atoms with Crippen LogP contribution in [0.4, 0.5) is 5.69 Å². The van der Waals surface area contributed by atoms with E-state index in [4.69, 9.17) is 23.7 Å². The number of hydrogen-bond acceptors (Lipinski definition) is 9. The van der Waals surface area contributed by atoms with Crippen molar-refractivity contribution in [2.24, 2.45) is 5.92 Å². The first-order chi connectivity index (χ1) is 24.1. The highest BCUT2D eigenvalue weighted by Gasteiger charge is 2.46. The molecule has 2 heterocycles. The number of aliphatic carboxylic acids is 1. The number of rotatable bonds is 17. The van der Waals surface area contributed by atoms with Crippen molar-refractivity contribution in [1.29, 1.82) is 0 Å². The monoisotopic (exact) mass is 710 g/mol. The van der Waals surface area contributed by atoms with Gasteiger partial charge in [0.2, 0.25) is 10.0 Å². The van der Waals surface area contributed by atoms with E-state index in [0.29, 0.717) is 32.2 Å². The minimum Gasteiger partial charge on any atom is -0.494 e. The Balaban J connectivity index is 1.45.